The monoisotopic (exact) mass is 392 g/mol. The van der Waals surface area contributed by atoms with Crippen LogP contribution in [-0.2, 0) is 0 Å². The second-order valence-electron chi connectivity index (χ2n) is 4.08. The zero-order chi connectivity index (χ0) is 14.5. The Balaban J connectivity index is 2.09. The van der Waals surface area contributed by atoms with E-state index in [1.165, 1.54) is 12.2 Å². The minimum atomic E-state index is -0.192. The molecule has 0 amide bonds. The van der Waals surface area contributed by atoms with Crippen LogP contribution in [0, 0.1) is 0 Å². The number of hydrogen-bond donors (Lipinski definition) is 0. The molecule has 0 atom stereocenters. The molecule has 0 aliphatic carbocycles. The van der Waals surface area contributed by atoms with Gasteiger partial charge < -0.3 is 0 Å². The molecule has 4 heteroatoms. The van der Waals surface area contributed by atoms with Crippen LogP contribution in [0.1, 0.15) is 20.7 Å². The number of hydrogen-bond acceptors (Lipinski definition) is 2. The van der Waals surface area contributed by atoms with Crippen molar-refractivity contribution in [3.63, 3.8) is 0 Å². The molecule has 0 aliphatic heterocycles. The van der Waals surface area contributed by atoms with Crippen molar-refractivity contribution in [2.24, 2.45) is 0 Å². The van der Waals surface area contributed by atoms with Gasteiger partial charge in [0.25, 0.3) is 0 Å². The van der Waals surface area contributed by atoms with Crippen molar-refractivity contribution >= 4 is 43.4 Å². The number of halogens is 2. The Kier molecular flexibility index (Phi) is 5.04. The predicted octanol–water partition coefficient (Wildman–Crippen LogP) is 4.83. The van der Waals surface area contributed by atoms with Gasteiger partial charge in [-0.25, -0.2) is 0 Å². The van der Waals surface area contributed by atoms with E-state index in [-0.39, 0.29) is 11.6 Å². The van der Waals surface area contributed by atoms with E-state index < -0.39 is 0 Å². The van der Waals surface area contributed by atoms with Crippen LogP contribution in [0.2, 0.25) is 0 Å². The molecular formula is C16H10Br2O2. The molecule has 0 aromatic heterocycles. The van der Waals surface area contributed by atoms with Crippen LogP contribution >= 0.6 is 31.9 Å². The van der Waals surface area contributed by atoms with Gasteiger partial charge in [-0.1, -0.05) is 31.9 Å². The standard InChI is InChI=1S/C16H10Br2O2/c17-13-5-1-11(2-6-13)15(19)9-10-16(20)12-3-7-14(18)8-4-12/h1-10H/b10-9-. The Morgan fingerprint density at radius 2 is 0.950 bits per heavy atom. The van der Waals surface area contributed by atoms with Crippen LogP contribution in [0.15, 0.2) is 69.6 Å². The molecule has 2 nitrogen and oxygen atoms in total. The number of allylic oxidation sites excluding steroid dienone is 2. The summed E-state index contributed by atoms with van der Waals surface area (Å²) in [5, 5.41) is 0. The van der Waals surface area contributed by atoms with Crippen LogP contribution in [0.4, 0.5) is 0 Å². The average molecular weight is 394 g/mol. The van der Waals surface area contributed by atoms with Crippen LogP contribution in [0.3, 0.4) is 0 Å². The Labute approximate surface area is 133 Å². The summed E-state index contributed by atoms with van der Waals surface area (Å²) >= 11 is 6.61. The van der Waals surface area contributed by atoms with E-state index in [2.05, 4.69) is 31.9 Å². The minimum Gasteiger partial charge on any atom is -0.289 e. The molecule has 0 fully saturated rings. The van der Waals surface area contributed by atoms with Crippen LogP contribution < -0.4 is 0 Å². The van der Waals surface area contributed by atoms with Crippen molar-refractivity contribution < 1.29 is 9.59 Å². The Morgan fingerprint density at radius 3 is 1.25 bits per heavy atom. The van der Waals surface area contributed by atoms with Gasteiger partial charge in [0, 0.05) is 20.1 Å². The fourth-order valence-corrected chi connectivity index (χ4v) is 2.10. The number of benzene rings is 2. The van der Waals surface area contributed by atoms with Crippen molar-refractivity contribution in [3.8, 4) is 0 Å². The second kappa shape index (κ2) is 6.77. The SMILES string of the molecule is O=C(/C=C\C(=O)c1ccc(Br)cc1)c1ccc(Br)cc1. The van der Waals surface area contributed by atoms with E-state index in [1.54, 1.807) is 48.5 Å². The predicted molar refractivity (Wildman–Crippen MR) is 86.1 cm³/mol. The topological polar surface area (TPSA) is 34.1 Å². The van der Waals surface area contributed by atoms with E-state index in [9.17, 15) is 9.59 Å². The summed E-state index contributed by atoms with van der Waals surface area (Å²) in [6.07, 6.45) is 2.60. The fraction of sp³-hybridized carbons (Fsp3) is 0. The van der Waals surface area contributed by atoms with Crippen LogP contribution in [0.25, 0.3) is 0 Å². The van der Waals surface area contributed by atoms with Crippen molar-refractivity contribution in [3.05, 3.63) is 80.8 Å². The fourth-order valence-electron chi connectivity index (χ4n) is 1.57. The maximum Gasteiger partial charge on any atom is 0.185 e. The Hall–Kier alpha value is -1.52. The summed E-state index contributed by atoms with van der Waals surface area (Å²) in [7, 11) is 0. The highest BCUT2D eigenvalue weighted by Gasteiger charge is 2.04. The molecule has 0 spiro atoms. The molecule has 20 heavy (non-hydrogen) atoms. The summed E-state index contributed by atoms with van der Waals surface area (Å²) in [4.78, 5) is 23.8. The van der Waals surface area contributed by atoms with Gasteiger partial charge in [0.05, 0.1) is 0 Å². The van der Waals surface area contributed by atoms with Gasteiger partial charge in [0.1, 0.15) is 0 Å². The van der Waals surface area contributed by atoms with Gasteiger partial charge in [-0.15, -0.1) is 0 Å². The lowest BCUT2D eigenvalue weighted by molar-refractivity contribution is 0.102. The zero-order valence-corrected chi connectivity index (χ0v) is 13.5. The quantitative estimate of drug-likeness (QED) is 0.550. The van der Waals surface area contributed by atoms with Crippen LogP contribution in [0.5, 0.6) is 0 Å². The van der Waals surface area contributed by atoms with Gasteiger partial charge >= 0.3 is 0 Å². The lowest BCUT2D eigenvalue weighted by Gasteiger charge is -1.97. The molecule has 0 saturated carbocycles. The molecule has 0 bridgehead atoms. The first-order valence-corrected chi connectivity index (χ1v) is 7.43. The highest BCUT2D eigenvalue weighted by molar-refractivity contribution is 9.10. The summed E-state index contributed by atoms with van der Waals surface area (Å²) in [5.74, 6) is -0.383. The molecule has 2 aromatic rings. The van der Waals surface area contributed by atoms with Gasteiger partial charge in [0.15, 0.2) is 11.6 Å². The Bertz CT molecular complexity index is 596. The number of carbonyl (C=O) groups excluding carboxylic acids is 2. The maximum atomic E-state index is 11.9. The number of ketones is 2. The Morgan fingerprint density at radius 1 is 0.650 bits per heavy atom. The third-order valence-electron chi connectivity index (χ3n) is 2.64. The molecule has 0 radical (unpaired) electrons. The molecule has 0 N–H and O–H groups in total. The van der Waals surface area contributed by atoms with Gasteiger partial charge in [-0.05, 0) is 60.7 Å². The van der Waals surface area contributed by atoms with Crippen LogP contribution in [-0.4, -0.2) is 11.6 Å². The summed E-state index contributed by atoms with van der Waals surface area (Å²) in [6, 6.07) is 14.0. The van der Waals surface area contributed by atoms with Crippen molar-refractivity contribution in [1.29, 1.82) is 0 Å². The van der Waals surface area contributed by atoms with E-state index in [0.717, 1.165) is 8.95 Å². The maximum absolute atomic E-state index is 11.9. The largest absolute Gasteiger partial charge is 0.289 e. The lowest BCUT2D eigenvalue weighted by atomic mass is 10.1. The number of rotatable bonds is 4. The van der Waals surface area contributed by atoms with Gasteiger partial charge in [0.2, 0.25) is 0 Å². The third-order valence-corrected chi connectivity index (χ3v) is 3.70. The number of carbonyl (C=O) groups is 2. The van der Waals surface area contributed by atoms with Gasteiger partial charge in [-0.3, -0.25) is 9.59 Å². The second-order valence-corrected chi connectivity index (χ2v) is 5.91. The first kappa shape index (κ1) is 14.9. The molecule has 0 saturated heterocycles. The van der Waals surface area contributed by atoms with E-state index in [1.807, 2.05) is 0 Å². The normalized spacial score (nSPS) is 10.7. The minimum absolute atomic E-state index is 0.192. The molecule has 2 aromatic carbocycles. The summed E-state index contributed by atoms with van der Waals surface area (Å²) < 4.78 is 1.81. The van der Waals surface area contributed by atoms with E-state index in [4.69, 9.17) is 0 Å². The summed E-state index contributed by atoms with van der Waals surface area (Å²) in [6.45, 7) is 0. The van der Waals surface area contributed by atoms with Crippen molar-refractivity contribution in [2.45, 2.75) is 0 Å². The first-order chi connectivity index (χ1) is 9.56. The molecule has 100 valence electrons. The lowest BCUT2D eigenvalue weighted by Crippen LogP contribution is -1.98. The first-order valence-electron chi connectivity index (χ1n) is 5.84. The third kappa shape index (κ3) is 3.99. The van der Waals surface area contributed by atoms with E-state index in [0.29, 0.717) is 11.1 Å². The molecular weight excluding hydrogens is 384 g/mol. The zero-order valence-electron chi connectivity index (χ0n) is 10.3. The summed E-state index contributed by atoms with van der Waals surface area (Å²) in [5.41, 5.74) is 1.10. The molecule has 0 aliphatic rings. The van der Waals surface area contributed by atoms with Crippen molar-refractivity contribution in [2.75, 3.05) is 0 Å². The molecule has 2 rings (SSSR count). The van der Waals surface area contributed by atoms with Crippen molar-refractivity contribution in [1.82, 2.24) is 0 Å². The molecule has 0 unspecified atom stereocenters. The average Bonchev–Trinajstić information content (AvgIpc) is 2.46. The highest BCUT2D eigenvalue weighted by Crippen LogP contribution is 2.13. The smallest absolute Gasteiger partial charge is 0.185 e. The van der Waals surface area contributed by atoms with E-state index >= 15 is 0 Å². The van der Waals surface area contributed by atoms with Gasteiger partial charge in [-0.2, -0.15) is 0 Å². The highest BCUT2D eigenvalue weighted by atomic mass is 79.9. The molecule has 0 heterocycles.